The summed E-state index contributed by atoms with van der Waals surface area (Å²) in [4.78, 5) is 4.61. The van der Waals surface area contributed by atoms with Crippen LogP contribution in [0, 0.1) is 6.92 Å². The monoisotopic (exact) mass is 360 g/mol. The van der Waals surface area contributed by atoms with Gasteiger partial charge in [0.1, 0.15) is 12.4 Å². The Labute approximate surface area is 138 Å². The minimum absolute atomic E-state index is 0.216. The van der Waals surface area contributed by atoms with Gasteiger partial charge in [-0.25, -0.2) is 4.99 Å². The lowest BCUT2D eigenvalue weighted by atomic mass is 9.83. The molecule has 1 heterocycles. The fraction of sp³-hybridized carbons (Fsp3) is 0.235. The summed E-state index contributed by atoms with van der Waals surface area (Å²) in [5.74, 6) is 0.851. The van der Waals surface area contributed by atoms with E-state index in [1.807, 2.05) is 43.3 Å². The van der Waals surface area contributed by atoms with Gasteiger partial charge in [-0.1, -0.05) is 34.1 Å². The first-order chi connectivity index (χ1) is 10.5. The van der Waals surface area contributed by atoms with Crippen LogP contribution < -0.4 is 10.5 Å². The average molecular weight is 361 g/mol. The lowest BCUT2D eigenvalue weighted by Crippen LogP contribution is -2.27. The molecule has 0 fully saturated rings. The molecule has 1 atom stereocenters. The van der Waals surface area contributed by atoms with E-state index in [1.54, 1.807) is 7.11 Å². The molecule has 3 rings (SSSR count). The van der Waals surface area contributed by atoms with Crippen LogP contribution in [0.3, 0.4) is 0 Å². The summed E-state index contributed by atoms with van der Waals surface area (Å²) in [6, 6.07) is 14.3. The molecule has 0 spiro atoms. The molecule has 2 aromatic rings. The SMILES string of the molecule is COc1ccc(C2(c3cccc(Br)c3)COC(N)=N2)cc1C. The molecule has 0 saturated heterocycles. The smallest absolute Gasteiger partial charge is 0.283 e. The Morgan fingerprint density at radius 1 is 1.23 bits per heavy atom. The van der Waals surface area contributed by atoms with E-state index in [9.17, 15) is 0 Å². The van der Waals surface area contributed by atoms with Gasteiger partial charge in [-0.3, -0.25) is 0 Å². The first kappa shape index (κ1) is 14.9. The van der Waals surface area contributed by atoms with Crippen molar-refractivity contribution in [3.05, 3.63) is 63.6 Å². The minimum atomic E-state index is -0.620. The van der Waals surface area contributed by atoms with Crippen LogP contribution in [-0.2, 0) is 10.3 Å². The number of aliphatic imine (C=N–C) groups is 1. The van der Waals surface area contributed by atoms with E-state index in [-0.39, 0.29) is 6.02 Å². The van der Waals surface area contributed by atoms with Gasteiger partial charge in [-0.15, -0.1) is 0 Å². The second-order valence-corrected chi connectivity index (χ2v) is 6.21. The number of rotatable bonds is 3. The Balaban J connectivity index is 2.18. The number of ether oxygens (including phenoxy) is 2. The second-order valence-electron chi connectivity index (χ2n) is 5.29. The third kappa shape index (κ3) is 2.46. The van der Waals surface area contributed by atoms with E-state index in [0.29, 0.717) is 6.61 Å². The zero-order valence-corrected chi connectivity index (χ0v) is 14.1. The summed E-state index contributed by atoms with van der Waals surface area (Å²) >= 11 is 3.52. The highest BCUT2D eigenvalue weighted by molar-refractivity contribution is 9.10. The highest BCUT2D eigenvalue weighted by Gasteiger charge is 2.40. The standard InChI is InChI=1S/C17H17BrN2O2/c1-11-8-13(6-7-15(11)21-2)17(10-22-16(19)20-17)12-4-3-5-14(18)9-12/h3-9H,10H2,1-2H3,(H2,19,20). The van der Waals surface area contributed by atoms with E-state index in [2.05, 4.69) is 27.0 Å². The number of hydrogen-bond donors (Lipinski definition) is 1. The summed E-state index contributed by atoms with van der Waals surface area (Å²) < 4.78 is 11.8. The molecule has 2 aromatic carbocycles. The van der Waals surface area contributed by atoms with Gasteiger partial charge in [-0.05, 0) is 47.9 Å². The first-order valence-electron chi connectivity index (χ1n) is 6.94. The van der Waals surface area contributed by atoms with Gasteiger partial charge in [0.05, 0.1) is 7.11 Å². The van der Waals surface area contributed by atoms with Gasteiger partial charge in [-0.2, -0.15) is 0 Å². The van der Waals surface area contributed by atoms with Crippen LogP contribution in [0.1, 0.15) is 16.7 Å². The molecule has 1 unspecified atom stereocenters. The summed E-state index contributed by atoms with van der Waals surface area (Å²) in [6.07, 6.45) is 0. The molecular weight excluding hydrogens is 344 g/mol. The predicted molar refractivity (Wildman–Crippen MR) is 90.2 cm³/mol. The van der Waals surface area contributed by atoms with Gasteiger partial charge < -0.3 is 15.2 Å². The van der Waals surface area contributed by atoms with Gasteiger partial charge in [0.25, 0.3) is 6.02 Å². The third-order valence-corrected chi connectivity index (χ3v) is 4.40. The van der Waals surface area contributed by atoms with Crippen molar-refractivity contribution in [1.29, 1.82) is 0 Å². The molecule has 0 aliphatic carbocycles. The molecule has 0 bridgehead atoms. The van der Waals surface area contributed by atoms with Crippen molar-refractivity contribution < 1.29 is 9.47 Å². The van der Waals surface area contributed by atoms with Gasteiger partial charge in [0, 0.05) is 4.47 Å². The maximum absolute atomic E-state index is 5.81. The minimum Gasteiger partial charge on any atom is -0.496 e. The Morgan fingerprint density at radius 2 is 2.00 bits per heavy atom. The molecular formula is C17H17BrN2O2. The van der Waals surface area contributed by atoms with Crippen molar-refractivity contribution in [3.8, 4) is 5.75 Å². The molecule has 4 nitrogen and oxygen atoms in total. The second kappa shape index (κ2) is 5.65. The molecule has 0 radical (unpaired) electrons. The van der Waals surface area contributed by atoms with Crippen molar-refractivity contribution >= 4 is 22.0 Å². The van der Waals surface area contributed by atoms with Crippen molar-refractivity contribution in [1.82, 2.24) is 0 Å². The summed E-state index contributed by atoms with van der Waals surface area (Å²) in [7, 11) is 1.67. The highest BCUT2D eigenvalue weighted by atomic mass is 79.9. The van der Waals surface area contributed by atoms with Crippen LogP contribution in [0.4, 0.5) is 0 Å². The normalized spacial score (nSPS) is 20.4. The number of benzene rings is 2. The Hall–Kier alpha value is -2.01. The zero-order valence-electron chi connectivity index (χ0n) is 12.5. The van der Waals surface area contributed by atoms with Crippen molar-refractivity contribution in [2.45, 2.75) is 12.5 Å². The summed E-state index contributed by atoms with van der Waals surface area (Å²) in [5, 5.41) is 0. The van der Waals surface area contributed by atoms with E-state index in [4.69, 9.17) is 15.2 Å². The molecule has 0 saturated carbocycles. The fourth-order valence-electron chi connectivity index (χ4n) is 2.77. The largest absolute Gasteiger partial charge is 0.496 e. The molecule has 5 heteroatoms. The Morgan fingerprint density at radius 3 is 2.59 bits per heavy atom. The first-order valence-corrected chi connectivity index (χ1v) is 7.74. The van der Waals surface area contributed by atoms with Crippen molar-refractivity contribution in [3.63, 3.8) is 0 Å². The molecule has 22 heavy (non-hydrogen) atoms. The van der Waals surface area contributed by atoms with Crippen LogP contribution in [0.15, 0.2) is 51.9 Å². The van der Waals surface area contributed by atoms with E-state index >= 15 is 0 Å². The van der Waals surface area contributed by atoms with Gasteiger partial charge in [0.15, 0.2) is 5.54 Å². The molecule has 2 N–H and O–H groups in total. The Bertz CT molecular complexity index is 745. The van der Waals surface area contributed by atoms with Crippen LogP contribution in [0.5, 0.6) is 5.75 Å². The molecule has 114 valence electrons. The van der Waals surface area contributed by atoms with Gasteiger partial charge >= 0.3 is 0 Å². The number of amidine groups is 1. The van der Waals surface area contributed by atoms with Crippen molar-refractivity contribution in [2.24, 2.45) is 10.7 Å². The van der Waals surface area contributed by atoms with Crippen LogP contribution in [0.2, 0.25) is 0 Å². The fourth-order valence-corrected chi connectivity index (χ4v) is 3.17. The lowest BCUT2D eigenvalue weighted by molar-refractivity contribution is 0.278. The highest BCUT2D eigenvalue weighted by Crippen LogP contribution is 2.39. The molecule has 0 amide bonds. The molecule has 1 aliphatic heterocycles. The lowest BCUT2D eigenvalue weighted by Gasteiger charge is -2.26. The van der Waals surface area contributed by atoms with Crippen LogP contribution >= 0.6 is 15.9 Å². The maximum atomic E-state index is 5.81. The number of nitrogens with zero attached hydrogens (tertiary/aromatic N) is 1. The number of nitrogens with two attached hydrogens (primary N) is 1. The van der Waals surface area contributed by atoms with Crippen molar-refractivity contribution in [2.75, 3.05) is 13.7 Å². The zero-order chi connectivity index (χ0) is 15.7. The van der Waals surface area contributed by atoms with Crippen LogP contribution in [-0.4, -0.2) is 19.7 Å². The van der Waals surface area contributed by atoms with Crippen LogP contribution in [0.25, 0.3) is 0 Å². The number of hydrogen-bond acceptors (Lipinski definition) is 4. The molecule has 0 aromatic heterocycles. The van der Waals surface area contributed by atoms with Gasteiger partial charge in [0.2, 0.25) is 0 Å². The quantitative estimate of drug-likeness (QED) is 0.912. The van der Waals surface area contributed by atoms with E-state index in [1.165, 1.54) is 0 Å². The molecule has 1 aliphatic rings. The topological polar surface area (TPSA) is 56.8 Å². The van der Waals surface area contributed by atoms with E-state index < -0.39 is 5.54 Å². The third-order valence-electron chi connectivity index (χ3n) is 3.90. The van der Waals surface area contributed by atoms with E-state index in [0.717, 1.165) is 26.9 Å². The average Bonchev–Trinajstić information content (AvgIpc) is 2.90. The Kier molecular flexibility index (Phi) is 3.83. The number of aryl methyl sites for hydroxylation is 1. The summed E-state index contributed by atoms with van der Waals surface area (Å²) in [5.41, 5.74) is 8.31. The maximum Gasteiger partial charge on any atom is 0.283 e. The summed E-state index contributed by atoms with van der Waals surface area (Å²) in [6.45, 7) is 2.40. The number of methoxy groups -OCH3 is 1. The predicted octanol–water partition coefficient (Wildman–Crippen LogP) is 3.35. The number of halogens is 1.